The summed E-state index contributed by atoms with van der Waals surface area (Å²) in [6, 6.07) is 10.7. The molecule has 0 amide bonds. The molecule has 5 rings (SSSR count). The molecule has 3 aliphatic rings. The van der Waals surface area contributed by atoms with Gasteiger partial charge >= 0.3 is 0 Å². The summed E-state index contributed by atoms with van der Waals surface area (Å²) in [4.78, 5) is 10.6. The zero-order valence-electron chi connectivity index (χ0n) is 16.0. The Labute approximate surface area is 163 Å². The van der Waals surface area contributed by atoms with Crippen LogP contribution in [0.2, 0.25) is 0 Å². The first-order valence-corrected chi connectivity index (χ1v) is 9.87. The van der Waals surface area contributed by atoms with Crippen LogP contribution in [-0.2, 0) is 4.74 Å². The Morgan fingerprint density at radius 2 is 1.79 bits per heavy atom. The lowest BCUT2D eigenvalue weighted by Crippen LogP contribution is -2.34. The maximum absolute atomic E-state index is 11.0. The fourth-order valence-electron chi connectivity index (χ4n) is 4.79. The minimum atomic E-state index is -0.678. The first-order valence-electron chi connectivity index (χ1n) is 9.87. The molecule has 2 aromatic rings. The molecule has 2 heterocycles. The zero-order valence-corrected chi connectivity index (χ0v) is 16.0. The molecule has 28 heavy (non-hydrogen) atoms. The summed E-state index contributed by atoms with van der Waals surface area (Å²) in [7, 11) is 0. The van der Waals surface area contributed by atoms with Gasteiger partial charge in [-0.2, -0.15) is 0 Å². The molecule has 1 saturated carbocycles. The van der Waals surface area contributed by atoms with Gasteiger partial charge in [0.2, 0.25) is 5.79 Å². The van der Waals surface area contributed by atoms with Crippen LogP contribution in [0, 0.1) is 10.1 Å². The van der Waals surface area contributed by atoms with Gasteiger partial charge in [-0.1, -0.05) is 18.9 Å². The van der Waals surface area contributed by atoms with Gasteiger partial charge in [-0.25, -0.2) is 0 Å². The summed E-state index contributed by atoms with van der Waals surface area (Å²) in [5.41, 5.74) is 3.29. The molecule has 6 nitrogen and oxygen atoms in total. The number of nitrogens with zero attached hydrogens (tertiary/aromatic N) is 1. The highest BCUT2D eigenvalue weighted by molar-refractivity contribution is 5.58. The van der Waals surface area contributed by atoms with Crippen molar-refractivity contribution in [2.45, 2.75) is 63.4 Å². The van der Waals surface area contributed by atoms with Gasteiger partial charge in [0.1, 0.15) is 6.10 Å². The van der Waals surface area contributed by atoms with E-state index in [1.165, 1.54) is 12.0 Å². The van der Waals surface area contributed by atoms with Crippen LogP contribution in [0.3, 0.4) is 0 Å². The summed E-state index contributed by atoms with van der Waals surface area (Å²) < 4.78 is 18.7. The van der Waals surface area contributed by atoms with E-state index >= 15 is 0 Å². The Morgan fingerprint density at radius 3 is 2.54 bits per heavy atom. The molecule has 0 aromatic heterocycles. The van der Waals surface area contributed by atoms with E-state index < -0.39 is 5.79 Å². The Balaban J connectivity index is 1.63. The van der Waals surface area contributed by atoms with Crippen LogP contribution in [0.15, 0.2) is 36.4 Å². The molecule has 0 spiro atoms. The molecular formula is C22H23NO5. The third kappa shape index (κ3) is 2.75. The number of hydrogen-bond donors (Lipinski definition) is 0. The van der Waals surface area contributed by atoms with Gasteiger partial charge < -0.3 is 14.2 Å². The molecule has 146 valence electrons. The van der Waals surface area contributed by atoms with Gasteiger partial charge in [0, 0.05) is 37.5 Å². The zero-order chi connectivity index (χ0) is 19.5. The Bertz CT molecular complexity index is 937. The van der Waals surface area contributed by atoms with E-state index in [1.807, 2.05) is 19.9 Å². The monoisotopic (exact) mass is 381 g/mol. The first-order chi connectivity index (χ1) is 13.4. The highest BCUT2D eigenvalue weighted by atomic mass is 16.7. The van der Waals surface area contributed by atoms with Gasteiger partial charge in [-0.15, -0.1) is 0 Å². The highest BCUT2D eigenvalue weighted by Gasteiger charge is 2.44. The van der Waals surface area contributed by atoms with Crippen molar-refractivity contribution >= 4 is 5.69 Å². The number of benzene rings is 2. The summed E-state index contributed by atoms with van der Waals surface area (Å²) in [6.07, 6.45) is 4.29. The van der Waals surface area contributed by atoms with Gasteiger partial charge in [0.15, 0.2) is 11.5 Å². The van der Waals surface area contributed by atoms with Crippen LogP contribution in [0.4, 0.5) is 5.69 Å². The van der Waals surface area contributed by atoms with Gasteiger partial charge in [0.25, 0.3) is 5.69 Å². The van der Waals surface area contributed by atoms with Crippen molar-refractivity contribution < 1.29 is 19.1 Å². The van der Waals surface area contributed by atoms with Crippen LogP contribution in [0.1, 0.15) is 68.2 Å². The minimum Gasteiger partial charge on any atom is -0.449 e. The smallest absolute Gasteiger partial charge is 0.269 e. The molecule has 2 aromatic carbocycles. The van der Waals surface area contributed by atoms with Crippen LogP contribution >= 0.6 is 0 Å². The molecule has 6 heteroatoms. The molecule has 0 radical (unpaired) electrons. The minimum absolute atomic E-state index is 0.0859. The van der Waals surface area contributed by atoms with E-state index in [1.54, 1.807) is 24.3 Å². The van der Waals surface area contributed by atoms with Gasteiger partial charge in [0.05, 0.1) is 11.0 Å². The standard InChI is InChI=1S/C22H23NO5/c1-22(2)27-18-12-11-16-19(21(18)28-22)15-5-3-4-6-17(15)26-20(16)13-7-9-14(10-8-13)23(24)25/h7-12,15,17,20H,3-6H2,1-2H3/t15-,17+,20+/m0/s1. The molecular weight excluding hydrogens is 358 g/mol. The summed E-state index contributed by atoms with van der Waals surface area (Å²) >= 11 is 0. The van der Waals surface area contributed by atoms with Crippen molar-refractivity contribution in [3.05, 3.63) is 63.2 Å². The average Bonchev–Trinajstić information content (AvgIpc) is 3.01. The first kappa shape index (κ1) is 17.5. The molecule has 0 unspecified atom stereocenters. The van der Waals surface area contributed by atoms with Crippen LogP contribution in [0.25, 0.3) is 0 Å². The predicted octanol–water partition coefficient (Wildman–Crippen LogP) is 5.25. The Kier molecular flexibility index (Phi) is 3.88. The summed E-state index contributed by atoms with van der Waals surface area (Å²) in [6.45, 7) is 3.84. The molecule has 1 fully saturated rings. The Morgan fingerprint density at radius 1 is 1.04 bits per heavy atom. The van der Waals surface area contributed by atoms with E-state index in [4.69, 9.17) is 14.2 Å². The lowest BCUT2D eigenvalue weighted by atomic mass is 9.75. The maximum atomic E-state index is 11.0. The van der Waals surface area contributed by atoms with Gasteiger partial charge in [-0.3, -0.25) is 10.1 Å². The third-order valence-corrected chi connectivity index (χ3v) is 5.97. The largest absolute Gasteiger partial charge is 0.449 e. The van der Waals surface area contributed by atoms with Crippen molar-refractivity contribution in [2.75, 3.05) is 0 Å². The number of nitro benzene ring substituents is 1. The fraction of sp³-hybridized carbons (Fsp3) is 0.455. The normalized spacial score (nSPS) is 27.0. The number of nitro groups is 1. The topological polar surface area (TPSA) is 70.8 Å². The van der Waals surface area contributed by atoms with Crippen LogP contribution < -0.4 is 9.47 Å². The summed E-state index contributed by atoms with van der Waals surface area (Å²) in [5, 5.41) is 11.0. The molecule has 0 saturated heterocycles. The number of rotatable bonds is 2. The number of ether oxygens (including phenoxy) is 3. The van der Waals surface area contributed by atoms with Crippen molar-refractivity contribution in [1.29, 1.82) is 0 Å². The van der Waals surface area contributed by atoms with E-state index in [0.29, 0.717) is 5.92 Å². The van der Waals surface area contributed by atoms with Crippen molar-refractivity contribution in [1.82, 2.24) is 0 Å². The fourth-order valence-corrected chi connectivity index (χ4v) is 4.79. The molecule has 0 N–H and O–H groups in total. The SMILES string of the molecule is CC1(C)Oc2ccc3c(c2O1)[C@H]1CCCC[C@H]1O[C@@H]3c1ccc([N+](=O)[O-])cc1. The quantitative estimate of drug-likeness (QED) is 0.525. The number of fused-ring (bicyclic) bond motifs is 5. The second-order valence-corrected chi connectivity index (χ2v) is 8.29. The van der Waals surface area contributed by atoms with Gasteiger partial charge in [-0.05, 0) is 42.2 Å². The van der Waals surface area contributed by atoms with Crippen LogP contribution in [0.5, 0.6) is 11.5 Å². The second kappa shape index (κ2) is 6.21. The third-order valence-electron chi connectivity index (χ3n) is 5.97. The molecule has 3 atom stereocenters. The lowest BCUT2D eigenvalue weighted by molar-refractivity contribution is -0.384. The van der Waals surface area contributed by atoms with E-state index in [9.17, 15) is 10.1 Å². The average molecular weight is 381 g/mol. The molecule has 2 aliphatic heterocycles. The summed E-state index contributed by atoms with van der Waals surface area (Å²) in [5.74, 6) is 1.25. The highest BCUT2D eigenvalue weighted by Crippen LogP contribution is 2.55. The van der Waals surface area contributed by atoms with Crippen molar-refractivity contribution in [3.63, 3.8) is 0 Å². The molecule has 1 aliphatic carbocycles. The van der Waals surface area contributed by atoms with E-state index in [2.05, 4.69) is 6.07 Å². The van der Waals surface area contributed by atoms with Crippen molar-refractivity contribution in [2.24, 2.45) is 0 Å². The Hall–Kier alpha value is -2.60. The van der Waals surface area contributed by atoms with E-state index in [-0.39, 0.29) is 22.8 Å². The number of hydrogen-bond acceptors (Lipinski definition) is 5. The maximum Gasteiger partial charge on any atom is 0.269 e. The van der Waals surface area contributed by atoms with Crippen molar-refractivity contribution in [3.8, 4) is 11.5 Å². The molecule has 0 bridgehead atoms. The predicted molar refractivity (Wildman–Crippen MR) is 103 cm³/mol. The second-order valence-electron chi connectivity index (χ2n) is 8.29. The lowest BCUT2D eigenvalue weighted by Gasteiger charge is -2.41. The van der Waals surface area contributed by atoms with Crippen LogP contribution in [-0.4, -0.2) is 16.8 Å². The number of non-ortho nitro benzene ring substituents is 1. The van der Waals surface area contributed by atoms with E-state index in [0.717, 1.165) is 41.9 Å².